The number of benzene rings is 2. The molecular weight excluding hydrogens is 591 g/mol. The molecule has 12 heteroatoms. The molecule has 2 amide bonds. The lowest BCUT2D eigenvalue weighted by molar-refractivity contribution is -0.171. The van der Waals surface area contributed by atoms with Crippen LogP contribution in [0, 0.1) is 12.8 Å². The van der Waals surface area contributed by atoms with E-state index < -0.39 is 44.8 Å². The standard InChI is InChI=1S/C30H37ClF3N3O4S/c1-20(2)35(4)24-12-15-26(22(18-24)19-42(40,41)25-13-10-21(3)11-14-25)36-17-16-29(31,27(36)38)37(28(39)30(32,33)34)23-8-6-5-7-9-23/h5-11,13-14,20,22,24,26H,12,15-19H2,1-4H3/t22-,24-,26+,29+/m1/s1. The molecule has 4 rings (SSSR count). The molecule has 1 heterocycles. The number of sulfone groups is 1. The van der Waals surface area contributed by atoms with Crippen LogP contribution in [0.2, 0.25) is 0 Å². The Morgan fingerprint density at radius 1 is 1.10 bits per heavy atom. The molecule has 1 aliphatic heterocycles. The first-order chi connectivity index (χ1) is 19.6. The van der Waals surface area contributed by atoms with Crippen LogP contribution in [0.3, 0.4) is 0 Å². The quantitative estimate of drug-likeness (QED) is 0.289. The van der Waals surface area contributed by atoms with Crippen LogP contribution in [0.15, 0.2) is 59.5 Å². The Balaban J connectivity index is 1.68. The van der Waals surface area contributed by atoms with Crippen LogP contribution in [0.1, 0.15) is 45.1 Å². The zero-order chi connectivity index (χ0) is 31.0. The summed E-state index contributed by atoms with van der Waals surface area (Å²) < 4.78 is 68.4. The highest BCUT2D eigenvalue weighted by atomic mass is 35.5. The first-order valence-corrected chi connectivity index (χ1v) is 16.1. The van der Waals surface area contributed by atoms with E-state index in [9.17, 15) is 31.2 Å². The molecule has 0 N–H and O–H groups in total. The second-order valence-electron chi connectivity index (χ2n) is 11.6. The smallest absolute Gasteiger partial charge is 0.336 e. The molecule has 2 aromatic carbocycles. The Bertz CT molecular complexity index is 1390. The predicted octanol–water partition coefficient (Wildman–Crippen LogP) is 5.41. The second kappa shape index (κ2) is 12.2. The van der Waals surface area contributed by atoms with E-state index in [1.807, 2.05) is 27.8 Å². The molecule has 7 nitrogen and oxygen atoms in total. The summed E-state index contributed by atoms with van der Waals surface area (Å²) in [6.45, 7) is 5.95. The van der Waals surface area contributed by atoms with E-state index in [0.717, 1.165) is 5.56 Å². The van der Waals surface area contributed by atoms with Crippen LogP contribution >= 0.6 is 11.6 Å². The third-order valence-corrected chi connectivity index (χ3v) is 11.0. The second-order valence-corrected chi connectivity index (χ2v) is 14.3. The third-order valence-electron chi connectivity index (χ3n) is 8.61. The van der Waals surface area contributed by atoms with Gasteiger partial charge in [0, 0.05) is 36.8 Å². The molecular formula is C30H37ClF3N3O4S. The minimum atomic E-state index is -5.27. The summed E-state index contributed by atoms with van der Waals surface area (Å²) in [5, 5.41) is 0. The number of halogens is 4. The molecule has 1 saturated carbocycles. The van der Waals surface area contributed by atoms with Gasteiger partial charge in [0.05, 0.1) is 10.6 Å². The summed E-state index contributed by atoms with van der Waals surface area (Å²) in [6.07, 6.45) is -3.91. The fourth-order valence-corrected chi connectivity index (χ4v) is 8.17. The highest BCUT2D eigenvalue weighted by Gasteiger charge is 2.59. The molecule has 42 heavy (non-hydrogen) atoms. The summed E-state index contributed by atoms with van der Waals surface area (Å²) in [6, 6.07) is 13.4. The van der Waals surface area contributed by atoms with Gasteiger partial charge in [0.15, 0.2) is 9.84 Å². The highest BCUT2D eigenvalue weighted by Crippen LogP contribution is 2.43. The number of carbonyl (C=O) groups excluding carboxylic acids is 2. The van der Waals surface area contributed by atoms with Crippen molar-refractivity contribution in [1.82, 2.24) is 9.80 Å². The van der Waals surface area contributed by atoms with Crippen molar-refractivity contribution in [2.45, 2.75) is 80.6 Å². The number of aryl methyl sites for hydroxylation is 1. The number of para-hydroxylation sites is 1. The number of likely N-dealkylation sites (tertiary alicyclic amines) is 1. The molecule has 4 atom stereocenters. The average molecular weight is 628 g/mol. The number of hydrogen-bond acceptors (Lipinski definition) is 5. The monoisotopic (exact) mass is 627 g/mol. The van der Waals surface area contributed by atoms with Gasteiger partial charge in [-0.05, 0) is 77.3 Å². The van der Waals surface area contributed by atoms with Gasteiger partial charge in [0.25, 0.3) is 5.91 Å². The summed E-state index contributed by atoms with van der Waals surface area (Å²) >= 11 is 6.74. The van der Waals surface area contributed by atoms with Gasteiger partial charge < -0.3 is 9.80 Å². The van der Waals surface area contributed by atoms with Crippen LogP contribution < -0.4 is 4.90 Å². The third kappa shape index (κ3) is 6.48. The molecule has 1 saturated heterocycles. The minimum absolute atomic E-state index is 0.00671. The van der Waals surface area contributed by atoms with Crippen LogP contribution in [0.5, 0.6) is 0 Å². The van der Waals surface area contributed by atoms with Gasteiger partial charge in [-0.1, -0.05) is 47.5 Å². The number of amides is 2. The van der Waals surface area contributed by atoms with Crippen molar-refractivity contribution in [2.24, 2.45) is 5.92 Å². The maximum Gasteiger partial charge on any atom is 0.471 e. The lowest BCUT2D eigenvalue weighted by Crippen LogP contribution is -2.59. The average Bonchev–Trinajstić information content (AvgIpc) is 3.22. The Labute approximate surface area is 250 Å². The van der Waals surface area contributed by atoms with Gasteiger partial charge in [0.1, 0.15) is 0 Å². The van der Waals surface area contributed by atoms with Crippen molar-refractivity contribution in [3.8, 4) is 0 Å². The number of hydrogen-bond donors (Lipinski definition) is 0. The van der Waals surface area contributed by atoms with E-state index in [1.165, 1.54) is 29.2 Å². The number of alkyl halides is 4. The van der Waals surface area contributed by atoms with Crippen LogP contribution in [-0.4, -0.2) is 78.7 Å². The molecule has 0 aromatic heterocycles. The lowest BCUT2D eigenvalue weighted by atomic mass is 9.81. The van der Waals surface area contributed by atoms with E-state index in [0.29, 0.717) is 24.2 Å². The molecule has 2 aromatic rings. The molecule has 0 unspecified atom stereocenters. The number of rotatable bonds is 8. The van der Waals surface area contributed by atoms with E-state index >= 15 is 0 Å². The van der Waals surface area contributed by atoms with Gasteiger partial charge in [-0.15, -0.1) is 0 Å². The van der Waals surface area contributed by atoms with Crippen molar-refractivity contribution < 1.29 is 31.2 Å². The largest absolute Gasteiger partial charge is 0.471 e. The summed E-state index contributed by atoms with van der Waals surface area (Å²) in [5.41, 5.74) is 0.770. The zero-order valence-electron chi connectivity index (χ0n) is 24.1. The summed E-state index contributed by atoms with van der Waals surface area (Å²) in [7, 11) is -1.77. The molecule has 1 aliphatic carbocycles. The Hall–Kier alpha value is -2.63. The van der Waals surface area contributed by atoms with Crippen molar-refractivity contribution >= 4 is 38.9 Å². The van der Waals surface area contributed by atoms with Gasteiger partial charge in [0.2, 0.25) is 5.00 Å². The fraction of sp³-hybridized carbons (Fsp3) is 0.533. The predicted molar refractivity (Wildman–Crippen MR) is 156 cm³/mol. The van der Waals surface area contributed by atoms with Crippen molar-refractivity contribution in [3.05, 3.63) is 60.2 Å². The maximum absolute atomic E-state index is 14.0. The van der Waals surface area contributed by atoms with E-state index in [2.05, 4.69) is 4.90 Å². The van der Waals surface area contributed by atoms with Crippen LogP contribution in [0.4, 0.5) is 18.9 Å². The Morgan fingerprint density at radius 3 is 2.29 bits per heavy atom. The molecule has 0 bridgehead atoms. The van der Waals surface area contributed by atoms with Crippen LogP contribution in [-0.2, 0) is 19.4 Å². The SMILES string of the molecule is Cc1ccc(S(=O)(=O)C[C@H]2C[C@H](N(C)C(C)C)CC[C@@H]2N2CC[C@](Cl)(N(C(=O)C(F)(F)F)c3ccccc3)C2=O)cc1. The van der Waals surface area contributed by atoms with Gasteiger partial charge >= 0.3 is 12.1 Å². The van der Waals surface area contributed by atoms with Crippen LogP contribution in [0.25, 0.3) is 0 Å². The van der Waals surface area contributed by atoms with Gasteiger partial charge in [-0.2, -0.15) is 13.2 Å². The number of nitrogens with zero attached hydrogens (tertiary/aromatic N) is 3. The van der Waals surface area contributed by atoms with Gasteiger partial charge in [-0.3, -0.25) is 14.5 Å². The number of anilines is 1. The topological polar surface area (TPSA) is 78.0 Å². The van der Waals surface area contributed by atoms with Crippen molar-refractivity contribution in [1.29, 1.82) is 0 Å². The Kier molecular flexibility index (Phi) is 9.35. The molecule has 2 aliphatic rings. The molecule has 0 radical (unpaired) electrons. The first-order valence-electron chi connectivity index (χ1n) is 14.0. The zero-order valence-corrected chi connectivity index (χ0v) is 25.7. The summed E-state index contributed by atoms with van der Waals surface area (Å²) in [5.74, 6) is -3.79. The van der Waals surface area contributed by atoms with E-state index in [-0.39, 0.29) is 41.4 Å². The highest BCUT2D eigenvalue weighted by molar-refractivity contribution is 7.91. The van der Waals surface area contributed by atoms with Crippen molar-refractivity contribution in [2.75, 3.05) is 24.2 Å². The van der Waals surface area contributed by atoms with Crippen molar-refractivity contribution in [3.63, 3.8) is 0 Å². The van der Waals surface area contributed by atoms with Gasteiger partial charge in [-0.25, -0.2) is 8.42 Å². The maximum atomic E-state index is 14.0. The molecule has 0 spiro atoms. The molecule has 230 valence electrons. The van der Waals surface area contributed by atoms with E-state index in [4.69, 9.17) is 11.6 Å². The number of carbonyl (C=O) groups is 2. The minimum Gasteiger partial charge on any atom is -0.336 e. The lowest BCUT2D eigenvalue weighted by Gasteiger charge is -2.45. The normalized spacial score (nSPS) is 25.3. The first kappa shape index (κ1) is 32.3. The molecule has 2 fully saturated rings. The summed E-state index contributed by atoms with van der Waals surface area (Å²) in [4.78, 5) is 28.5. The Morgan fingerprint density at radius 2 is 1.71 bits per heavy atom. The van der Waals surface area contributed by atoms with E-state index in [1.54, 1.807) is 30.3 Å². The fourth-order valence-electron chi connectivity index (χ4n) is 6.14.